The maximum absolute atomic E-state index is 6.15. The third-order valence-electron chi connectivity index (χ3n) is 2.65. The SMILES string of the molecule is CCn1nncc1NC(C)c1ccccc1Cl. The molecule has 1 aromatic heterocycles. The van der Waals surface area contributed by atoms with Gasteiger partial charge in [0.2, 0.25) is 0 Å². The molecule has 0 bridgehead atoms. The molecule has 0 radical (unpaired) electrons. The lowest BCUT2D eigenvalue weighted by Crippen LogP contribution is -2.11. The van der Waals surface area contributed by atoms with E-state index in [0.29, 0.717) is 0 Å². The summed E-state index contributed by atoms with van der Waals surface area (Å²) < 4.78 is 1.81. The lowest BCUT2D eigenvalue weighted by atomic mass is 10.1. The second-order valence-corrected chi connectivity index (χ2v) is 4.23. The maximum atomic E-state index is 6.15. The maximum Gasteiger partial charge on any atom is 0.145 e. The topological polar surface area (TPSA) is 42.7 Å². The molecule has 1 unspecified atom stereocenters. The van der Waals surface area contributed by atoms with Gasteiger partial charge in [0.1, 0.15) is 5.82 Å². The Morgan fingerprint density at radius 2 is 2.18 bits per heavy atom. The summed E-state index contributed by atoms with van der Waals surface area (Å²) in [7, 11) is 0. The van der Waals surface area contributed by atoms with Gasteiger partial charge in [0.05, 0.1) is 12.2 Å². The van der Waals surface area contributed by atoms with Gasteiger partial charge in [-0.1, -0.05) is 35.0 Å². The molecule has 0 aliphatic heterocycles. The van der Waals surface area contributed by atoms with Crippen LogP contribution in [-0.2, 0) is 6.54 Å². The fourth-order valence-corrected chi connectivity index (χ4v) is 2.03. The molecule has 0 aliphatic rings. The van der Waals surface area contributed by atoms with Crippen molar-refractivity contribution in [2.75, 3.05) is 5.32 Å². The first-order chi connectivity index (χ1) is 8.22. The summed E-state index contributed by atoms with van der Waals surface area (Å²) in [4.78, 5) is 0. The van der Waals surface area contributed by atoms with Gasteiger partial charge >= 0.3 is 0 Å². The molecule has 0 saturated heterocycles. The van der Waals surface area contributed by atoms with Crippen molar-refractivity contribution in [2.24, 2.45) is 0 Å². The number of rotatable bonds is 4. The Balaban J connectivity index is 2.17. The van der Waals surface area contributed by atoms with Gasteiger partial charge < -0.3 is 5.32 Å². The second-order valence-electron chi connectivity index (χ2n) is 3.82. The van der Waals surface area contributed by atoms with Gasteiger partial charge in [-0.05, 0) is 25.5 Å². The first-order valence-electron chi connectivity index (χ1n) is 5.61. The summed E-state index contributed by atoms with van der Waals surface area (Å²) in [5.74, 6) is 0.903. The highest BCUT2D eigenvalue weighted by molar-refractivity contribution is 6.31. The standard InChI is InChI=1S/C12H15ClN4/c1-3-17-12(8-14-16-17)15-9(2)10-6-4-5-7-11(10)13/h4-9,15H,3H2,1-2H3. The minimum absolute atomic E-state index is 0.118. The number of aryl methyl sites for hydroxylation is 1. The molecule has 17 heavy (non-hydrogen) atoms. The minimum atomic E-state index is 0.118. The molecular weight excluding hydrogens is 236 g/mol. The molecule has 1 heterocycles. The molecule has 4 nitrogen and oxygen atoms in total. The summed E-state index contributed by atoms with van der Waals surface area (Å²) in [6.07, 6.45) is 1.72. The normalized spacial score (nSPS) is 12.4. The molecule has 0 amide bonds. The molecule has 1 atom stereocenters. The first kappa shape index (κ1) is 11.9. The van der Waals surface area contributed by atoms with E-state index < -0.39 is 0 Å². The van der Waals surface area contributed by atoms with E-state index in [9.17, 15) is 0 Å². The van der Waals surface area contributed by atoms with Crippen LogP contribution in [0.5, 0.6) is 0 Å². The van der Waals surface area contributed by atoms with Crippen molar-refractivity contribution in [1.82, 2.24) is 15.0 Å². The average Bonchev–Trinajstić information content (AvgIpc) is 2.76. The third-order valence-corrected chi connectivity index (χ3v) is 3.00. The molecule has 0 fully saturated rings. The Morgan fingerprint density at radius 3 is 2.88 bits per heavy atom. The van der Waals surface area contributed by atoms with Crippen molar-refractivity contribution in [2.45, 2.75) is 26.4 Å². The van der Waals surface area contributed by atoms with Crippen molar-refractivity contribution < 1.29 is 0 Å². The van der Waals surface area contributed by atoms with Crippen LogP contribution < -0.4 is 5.32 Å². The molecule has 5 heteroatoms. The van der Waals surface area contributed by atoms with E-state index in [2.05, 4.69) is 22.6 Å². The smallest absolute Gasteiger partial charge is 0.145 e. The van der Waals surface area contributed by atoms with Gasteiger partial charge in [0, 0.05) is 11.6 Å². The molecule has 0 aliphatic carbocycles. The summed E-state index contributed by atoms with van der Waals surface area (Å²) in [5, 5.41) is 12.0. The Labute approximate surface area is 106 Å². The number of aromatic nitrogens is 3. The second kappa shape index (κ2) is 5.19. The van der Waals surface area contributed by atoms with Crippen LogP contribution in [0.25, 0.3) is 0 Å². The Kier molecular flexibility index (Phi) is 3.64. The number of anilines is 1. The molecule has 1 N–H and O–H groups in total. The predicted molar refractivity (Wildman–Crippen MR) is 69.2 cm³/mol. The minimum Gasteiger partial charge on any atom is -0.362 e. The van der Waals surface area contributed by atoms with Crippen LogP contribution in [0.3, 0.4) is 0 Å². The van der Waals surface area contributed by atoms with Crippen molar-refractivity contribution in [3.63, 3.8) is 0 Å². The molecule has 2 rings (SSSR count). The molecule has 0 saturated carbocycles. The summed E-state index contributed by atoms with van der Waals surface area (Å²) in [6, 6.07) is 7.93. The summed E-state index contributed by atoms with van der Waals surface area (Å²) in [6.45, 7) is 4.88. The Bertz CT molecular complexity index is 495. The van der Waals surface area contributed by atoms with E-state index in [0.717, 1.165) is 22.9 Å². The molecule has 2 aromatic rings. The van der Waals surface area contributed by atoms with E-state index in [1.807, 2.05) is 35.9 Å². The zero-order chi connectivity index (χ0) is 12.3. The number of benzene rings is 1. The predicted octanol–water partition coefficient (Wildman–Crippen LogP) is 3.12. The number of halogens is 1. The molecule has 90 valence electrons. The quantitative estimate of drug-likeness (QED) is 0.907. The summed E-state index contributed by atoms with van der Waals surface area (Å²) in [5.41, 5.74) is 1.07. The van der Waals surface area contributed by atoms with Crippen LogP contribution in [0.1, 0.15) is 25.5 Å². The van der Waals surface area contributed by atoms with Crippen molar-refractivity contribution in [3.8, 4) is 0 Å². The van der Waals surface area contributed by atoms with Gasteiger partial charge in [0.25, 0.3) is 0 Å². The lowest BCUT2D eigenvalue weighted by molar-refractivity contribution is 0.626. The monoisotopic (exact) mass is 250 g/mol. The first-order valence-corrected chi connectivity index (χ1v) is 5.99. The highest BCUT2D eigenvalue weighted by atomic mass is 35.5. The van der Waals surface area contributed by atoms with E-state index in [-0.39, 0.29) is 6.04 Å². The zero-order valence-electron chi connectivity index (χ0n) is 9.89. The summed E-state index contributed by atoms with van der Waals surface area (Å²) >= 11 is 6.15. The number of hydrogen-bond acceptors (Lipinski definition) is 3. The highest BCUT2D eigenvalue weighted by Crippen LogP contribution is 2.25. The molecule has 0 spiro atoms. The highest BCUT2D eigenvalue weighted by Gasteiger charge is 2.11. The van der Waals surface area contributed by atoms with Gasteiger partial charge in [-0.2, -0.15) is 0 Å². The van der Waals surface area contributed by atoms with E-state index >= 15 is 0 Å². The van der Waals surface area contributed by atoms with Crippen LogP contribution in [0.4, 0.5) is 5.82 Å². The zero-order valence-corrected chi connectivity index (χ0v) is 10.6. The number of hydrogen-bond donors (Lipinski definition) is 1. The van der Waals surface area contributed by atoms with Crippen LogP contribution in [0.15, 0.2) is 30.5 Å². The molecular formula is C12H15ClN4. The van der Waals surface area contributed by atoms with Crippen LogP contribution in [-0.4, -0.2) is 15.0 Å². The Hall–Kier alpha value is -1.55. The average molecular weight is 251 g/mol. The molecule has 1 aromatic carbocycles. The van der Waals surface area contributed by atoms with Crippen LogP contribution >= 0.6 is 11.6 Å². The van der Waals surface area contributed by atoms with Crippen molar-refractivity contribution in [1.29, 1.82) is 0 Å². The fourth-order valence-electron chi connectivity index (χ4n) is 1.73. The Morgan fingerprint density at radius 1 is 1.41 bits per heavy atom. The third kappa shape index (κ3) is 2.58. The number of nitrogens with zero attached hydrogens (tertiary/aromatic N) is 3. The largest absolute Gasteiger partial charge is 0.362 e. The van der Waals surface area contributed by atoms with Crippen molar-refractivity contribution >= 4 is 17.4 Å². The van der Waals surface area contributed by atoms with Crippen LogP contribution in [0.2, 0.25) is 5.02 Å². The van der Waals surface area contributed by atoms with Crippen molar-refractivity contribution in [3.05, 3.63) is 41.0 Å². The van der Waals surface area contributed by atoms with E-state index in [4.69, 9.17) is 11.6 Å². The van der Waals surface area contributed by atoms with E-state index in [1.54, 1.807) is 6.20 Å². The van der Waals surface area contributed by atoms with Crippen LogP contribution in [0, 0.1) is 0 Å². The van der Waals surface area contributed by atoms with Gasteiger partial charge in [-0.3, -0.25) is 0 Å². The fraction of sp³-hybridized carbons (Fsp3) is 0.333. The van der Waals surface area contributed by atoms with Gasteiger partial charge in [0.15, 0.2) is 0 Å². The lowest BCUT2D eigenvalue weighted by Gasteiger charge is -2.16. The van der Waals surface area contributed by atoms with Gasteiger partial charge in [-0.15, -0.1) is 5.10 Å². The van der Waals surface area contributed by atoms with Gasteiger partial charge in [-0.25, -0.2) is 4.68 Å². The van der Waals surface area contributed by atoms with E-state index in [1.165, 1.54) is 0 Å². The number of nitrogens with one attached hydrogen (secondary N) is 1.